The third-order valence-electron chi connectivity index (χ3n) is 8.23. The van der Waals surface area contributed by atoms with Crippen LogP contribution in [0, 0.1) is 40.9 Å². The molecule has 26 heavy (non-hydrogen) atoms. The molecule has 3 fully saturated rings. The van der Waals surface area contributed by atoms with Crippen molar-refractivity contribution >= 4 is 11.6 Å². The first kappa shape index (κ1) is 18.0. The molecule has 0 heterocycles. The molecule has 0 spiro atoms. The Morgan fingerprint density at radius 2 is 1.92 bits per heavy atom. The van der Waals surface area contributed by atoms with Gasteiger partial charge in [-0.15, -0.1) is 12.3 Å². The van der Waals surface area contributed by atoms with Gasteiger partial charge in [0.25, 0.3) is 0 Å². The standard InChI is InChI=1S/C23H30O3/c1-4-5-12-26-20-14-16-17-6-7-21(25)23(17,3)11-9-18(16)22(2)10-8-15(24)13-19(20)22/h1,13,16-18,20H,5-12,14H2,2-3H3/t16-,17-,18-,20+,22+,23-/m0/s1. The van der Waals surface area contributed by atoms with Crippen molar-refractivity contribution in [2.75, 3.05) is 6.61 Å². The van der Waals surface area contributed by atoms with Crippen molar-refractivity contribution in [1.82, 2.24) is 0 Å². The average molecular weight is 354 g/mol. The molecule has 0 bridgehead atoms. The molecule has 0 amide bonds. The van der Waals surface area contributed by atoms with E-state index >= 15 is 0 Å². The number of hydrogen-bond donors (Lipinski definition) is 0. The minimum atomic E-state index is -0.132. The second-order valence-electron chi connectivity index (χ2n) is 9.33. The van der Waals surface area contributed by atoms with E-state index in [9.17, 15) is 9.59 Å². The Balaban J connectivity index is 1.69. The summed E-state index contributed by atoms with van der Waals surface area (Å²) in [6.07, 6.45) is 14.2. The second-order valence-corrected chi connectivity index (χ2v) is 9.33. The van der Waals surface area contributed by atoms with Crippen molar-refractivity contribution < 1.29 is 14.3 Å². The Hall–Kier alpha value is -1.40. The fraction of sp³-hybridized carbons (Fsp3) is 0.739. The van der Waals surface area contributed by atoms with Gasteiger partial charge in [-0.25, -0.2) is 0 Å². The maximum absolute atomic E-state index is 12.6. The molecule has 0 saturated heterocycles. The molecular weight excluding hydrogens is 324 g/mol. The van der Waals surface area contributed by atoms with Crippen LogP contribution in [0.3, 0.4) is 0 Å². The summed E-state index contributed by atoms with van der Waals surface area (Å²) in [7, 11) is 0. The predicted octanol–water partition coefficient (Wildman–Crippen LogP) is 4.11. The molecule has 4 aliphatic rings. The fourth-order valence-corrected chi connectivity index (χ4v) is 6.77. The Bertz CT molecular complexity index is 699. The number of carbonyl (C=O) groups excluding carboxylic acids is 2. The first-order valence-electron chi connectivity index (χ1n) is 10.2. The monoisotopic (exact) mass is 354 g/mol. The first-order valence-corrected chi connectivity index (χ1v) is 10.2. The molecule has 140 valence electrons. The highest BCUT2D eigenvalue weighted by molar-refractivity contribution is 5.92. The van der Waals surface area contributed by atoms with Gasteiger partial charge in [-0.1, -0.05) is 13.8 Å². The summed E-state index contributed by atoms with van der Waals surface area (Å²) < 4.78 is 6.22. The molecule has 6 atom stereocenters. The fourth-order valence-electron chi connectivity index (χ4n) is 6.77. The number of ether oxygens (including phenoxy) is 1. The lowest BCUT2D eigenvalue weighted by Crippen LogP contribution is -2.54. The smallest absolute Gasteiger partial charge is 0.155 e. The van der Waals surface area contributed by atoms with Crippen molar-refractivity contribution in [3.63, 3.8) is 0 Å². The SMILES string of the molecule is C#CCCO[C@@H]1C[C@@H]2[C@H](CC[C@]3(C)C(=O)CC[C@@H]23)[C@@]2(C)CCC(=O)C=C12. The zero-order chi connectivity index (χ0) is 18.5. The van der Waals surface area contributed by atoms with Gasteiger partial charge in [0.05, 0.1) is 12.7 Å². The zero-order valence-electron chi connectivity index (χ0n) is 16.1. The van der Waals surface area contributed by atoms with Crippen LogP contribution in [0.1, 0.15) is 65.2 Å². The van der Waals surface area contributed by atoms with Crippen LogP contribution in [0.2, 0.25) is 0 Å². The third-order valence-corrected chi connectivity index (χ3v) is 8.23. The highest BCUT2D eigenvalue weighted by Gasteiger charge is 2.60. The molecule has 0 N–H and O–H groups in total. The van der Waals surface area contributed by atoms with E-state index < -0.39 is 0 Å². The summed E-state index contributed by atoms with van der Waals surface area (Å²) in [5.74, 6) is 4.91. The van der Waals surface area contributed by atoms with Crippen molar-refractivity contribution in [1.29, 1.82) is 0 Å². The quantitative estimate of drug-likeness (QED) is 0.566. The molecule has 0 radical (unpaired) electrons. The first-order chi connectivity index (χ1) is 12.4. The van der Waals surface area contributed by atoms with E-state index in [0.29, 0.717) is 43.0 Å². The molecule has 3 heteroatoms. The van der Waals surface area contributed by atoms with E-state index in [0.717, 1.165) is 38.5 Å². The lowest BCUT2D eigenvalue weighted by molar-refractivity contribution is -0.135. The number of rotatable bonds is 3. The molecule has 3 saturated carbocycles. The van der Waals surface area contributed by atoms with Crippen molar-refractivity contribution in [2.45, 2.75) is 71.3 Å². The maximum atomic E-state index is 12.6. The van der Waals surface area contributed by atoms with Crippen LogP contribution in [0.5, 0.6) is 0 Å². The molecule has 4 aliphatic carbocycles. The topological polar surface area (TPSA) is 43.4 Å². The highest BCUT2D eigenvalue weighted by Crippen LogP contribution is 2.64. The number of Topliss-reactive ketones (excluding diaryl/α,β-unsaturated/α-hetero) is 1. The molecule has 4 rings (SSSR count). The molecule has 0 unspecified atom stereocenters. The van der Waals surface area contributed by atoms with Crippen LogP contribution in [0.4, 0.5) is 0 Å². The van der Waals surface area contributed by atoms with E-state index in [1.54, 1.807) is 0 Å². The van der Waals surface area contributed by atoms with Crippen LogP contribution in [0.15, 0.2) is 11.6 Å². The Morgan fingerprint density at radius 1 is 1.15 bits per heavy atom. The molecule has 0 aliphatic heterocycles. The largest absolute Gasteiger partial charge is 0.373 e. The summed E-state index contributed by atoms with van der Waals surface area (Å²) >= 11 is 0. The van der Waals surface area contributed by atoms with Crippen LogP contribution in [-0.2, 0) is 14.3 Å². The zero-order valence-corrected chi connectivity index (χ0v) is 16.1. The number of terminal acetylenes is 1. The number of hydrogen-bond acceptors (Lipinski definition) is 3. The van der Waals surface area contributed by atoms with E-state index in [1.165, 1.54) is 5.57 Å². The van der Waals surface area contributed by atoms with Gasteiger partial charge in [-0.05, 0) is 66.9 Å². The minimum absolute atomic E-state index is 0.0168. The number of fused-ring (bicyclic) bond motifs is 5. The van der Waals surface area contributed by atoms with Gasteiger partial charge >= 0.3 is 0 Å². The van der Waals surface area contributed by atoms with Crippen LogP contribution < -0.4 is 0 Å². The number of carbonyl (C=O) groups is 2. The normalized spacial score (nSPS) is 44.6. The van der Waals surface area contributed by atoms with Crippen LogP contribution in [-0.4, -0.2) is 24.3 Å². The van der Waals surface area contributed by atoms with E-state index in [2.05, 4.69) is 19.8 Å². The predicted molar refractivity (Wildman–Crippen MR) is 100 cm³/mol. The van der Waals surface area contributed by atoms with Gasteiger partial charge in [-0.2, -0.15) is 0 Å². The summed E-state index contributed by atoms with van der Waals surface area (Å²) in [5, 5.41) is 0. The average Bonchev–Trinajstić information content (AvgIpc) is 2.92. The summed E-state index contributed by atoms with van der Waals surface area (Å²) in [4.78, 5) is 24.8. The molecular formula is C23H30O3. The summed E-state index contributed by atoms with van der Waals surface area (Å²) in [6.45, 7) is 5.09. The van der Waals surface area contributed by atoms with Gasteiger partial charge in [0.1, 0.15) is 5.78 Å². The van der Waals surface area contributed by atoms with Crippen LogP contribution >= 0.6 is 0 Å². The van der Waals surface area contributed by atoms with Gasteiger partial charge in [-0.3, -0.25) is 9.59 Å². The van der Waals surface area contributed by atoms with E-state index in [1.807, 2.05) is 6.08 Å². The van der Waals surface area contributed by atoms with Gasteiger partial charge in [0.2, 0.25) is 0 Å². The van der Waals surface area contributed by atoms with Crippen molar-refractivity contribution in [3.8, 4) is 12.3 Å². The van der Waals surface area contributed by atoms with Crippen LogP contribution in [0.25, 0.3) is 0 Å². The van der Waals surface area contributed by atoms with Gasteiger partial charge < -0.3 is 4.74 Å². The molecule has 0 aromatic carbocycles. The van der Waals surface area contributed by atoms with E-state index in [4.69, 9.17) is 11.2 Å². The summed E-state index contributed by atoms with van der Waals surface area (Å²) in [6, 6.07) is 0. The molecule has 0 aromatic heterocycles. The second kappa shape index (κ2) is 6.34. The molecule has 3 nitrogen and oxygen atoms in total. The van der Waals surface area contributed by atoms with Crippen molar-refractivity contribution in [2.24, 2.45) is 28.6 Å². The minimum Gasteiger partial charge on any atom is -0.373 e. The van der Waals surface area contributed by atoms with Gasteiger partial charge in [0, 0.05) is 24.7 Å². The van der Waals surface area contributed by atoms with Gasteiger partial charge in [0.15, 0.2) is 5.78 Å². The van der Waals surface area contributed by atoms with E-state index in [-0.39, 0.29) is 22.7 Å². The summed E-state index contributed by atoms with van der Waals surface area (Å²) in [5.41, 5.74) is 1.11. The Kier molecular flexibility index (Phi) is 4.39. The Morgan fingerprint density at radius 3 is 2.69 bits per heavy atom. The lowest BCUT2D eigenvalue weighted by atomic mass is 9.47. The third kappa shape index (κ3) is 2.53. The lowest BCUT2D eigenvalue weighted by Gasteiger charge is -2.58. The number of ketones is 2. The van der Waals surface area contributed by atoms with Crippen molar-refractivity contribution in [3.05, 3.63) is 11.6 Å². The maximum Gasteiger partial charge on any atom is 0.155 e. The molecule has 0 aromatic rings. The Labute approximate surface area is 156 Å². The highest BCUT2D eigenvalue weighted by atomic mass is 16.5.